The third-order valence-corrected chi connectivity index (χ3v) is 3.52. The summed E-state index contributed by atoms with van der Waals surface area (Å²) in [4.78, 5) is 13.5. The quantitative estimate of drug-likeness (QED) is 0.775. The van der Waals surface area contributed by atoms with Crippen molar-refractivity contribution in [1.29, 1.82) is 0 Å². The maximum Gasteiger partial charge on any atom is 0.141 e. The first-order chi connectivity index (χ1) is 9.31. The number of aromatic amines is 1. The molecule has 3 aromatic rings. The molecule has 0 saturated heterocycles. The number of hydrogen-bond donors (Lipinski definition) is 1. The van der Waals surface area contributed by atoms with Gasteiger partial charge in [-0.2, -0.15) is 15.0 Å². The zero-order valence-corrected chi connectivity index (χ0v) is 10.7. The van der Waals surface area contributed by atoms with Gasteiger partial charge in [0, 0.05) is 11.6 Å². The maximum absolute atomic E-state index is 4.59. The summed E-state index contributed by atoms with van der Waals surface area (Å²) in [5.74, 6) is 0.761. The van der Waals surface area contributed by atoms with Gasteiger partial charge in [-0.25, -0.2) is 9.97 Å². The van der Waals surface area contributed by atoms with E-state index in [2.05, 4.69) is 25.1 Å². The van der Waals surface area contributed by atoms with E-state index in [-0.39, 0.29) is 0 Å². The van der Waals surface area contributed by atoms with Crippen molar-refractivity contribution in [2.24, 2.45) is 5.92 Å². The smallest absolute Gasteiger partial charge is 0.141 e. The number of aromatic nitrogens is 6. The van der Waals surface area contributed by atoms with Crippen LogP contribution in [0.4, 0.5) is 0 Å². The molecule has 19 heavy (non-hydrogen) atoms. The molecule has 0 aliphatic heterocycles. The van der Waals surface area contributed by atoms with E-state index in [9.17, 15) is 0 Å². The molecule has 0 spiro atoms. The highest BCUT2D eigenvalue weighted by molar-refractivity contribution is 5.89. The van der Waals surface area contributed by atoms with Crippen LogP contribution in [-0.4, -0.2) is 29.9 Å². The van der Waals surface area contributed by atoms with E-state index in [4.69, 9.17) is 0 Å². The van der Waals surface area contributed by atoms with E-state index in [1.165, 1.54) is 12.8 Å². The number of nitrogens with zero attached hydrogens (tertiary/aromatic N) is 5. The van der Waals surface area contributed by atoms with Crippen LogP contribution in [0.5, 0.6) is 0 Å². The van der Waals surface area contributed by atoms with Crippen molar-refractivity contribution in [2.75, 3.05) is 0 Å². The van der Waals surface area contributed by atoms with Crippen LogP contribution in [0.2, 0.25) is 0 Å². The Labute approximate surface area is 109 Å². The minimum atomic E-state index is 0.761. The topological polar surface area (TPSA) is 72.3 Å². The predicted octanol–water partition coefficient (Wildman–Crippen LogP) is 1.93. The average molecular weight is 254 g/mol. The lowest BCUT2D eigenvalue weighted by Gasteiger charge is -1.98. The summed E-state index contributed by atoms with van der Waals surface area (Å²) in [6.45, 7) is 2.90. The summed E-state index contributed by atoms with van der Waals surface area (Å²) >= 11 is 0. The monoisotopic (exact) mass is 254 g/mol. The van der Waals surface area contributed by atoms with Gasteiger partial charge in [0.2, 0.25) is 0 Å². The van der Waals surface area contributed by atoms with Gasteiger partial charge in [0.05, 0.1) is 12.2 Å². The van der Waals surface area contributed by atoms with Crippen LogP contribution in [0, 0.1) is 12.8 Å². The Morgan fingerprint density at radius 1 is 1.26 bits per heavy atom. The Hall–Kier alpha value is -2.24. The minimum absolute atomic E-state index is 0.761. The van der Waals surface area contributed by atoms with E-state index < -0.39 is 0 Å². The molecule has 3 heterocycles. The second-order valence-corrected chi connectivity index (χ2v) is 5.09. The van der Waals surface area contributed by atoms with Gasteiger partial charge in [-0.05, 0) is 31.7 Å². The zero-order valence-electron chi connectivity index (χ0n) is 10.7. The van der Waals surface area contributed by atoms with Crippen LogP contribution in [0.15, 0.2) is 18.6 Å². The fourth-order valence-electron chi connectivity index (χ4n) is 2.32. The number of fused-ring (bicyclic) bond motifs is 1. The van der Waals surface area contributed by atoms with Crippen molar-refractivity contribution in [3.05, 3.63) is 24.3 Å². The molecule has 0 unspecified atom stereocenters. The molecule has 6 nitrogen and oxygen atoms in total. The molecule has 0 aromatic carbocycles. The highest BCUT2D eigenvalue weighted by Crippen LogP contribution is 2.31. The largest absolute Gasteiger partial charge is 0.346 e. The molecule has 0 radical (unpaired) electrons. The SMILES string of the molecule is Cc1nn(CC2CC2)nc1-c1ncnc2[nH]ccc12. The third kappa shape index (κ3) is 1.80. The van der Waals surface area contributed by atoms with Crippen molar-refractivity contribution in [3.8, 4) is 11.4 Å². The summed E-state index contributed by atoms with van der Waals surface area (Å²) in [5, 5.41) is 10.1. The minimum Gasteiger partial charge on any atom is -0.346 e. The molecule has 1 N–H and O–H groups in total. The molecule has 0 atom stereocenters. The fraction of sp³-hybridized carbons (Fsp3) is 0.385. The Bertz CT molecular complexity index is 737. The van der Waals surface area contributed by atoms with Crippen molar-refractivity contribution in [3.63, 3.8) is 0 Å². The summed E-state index contributed by atoms with van der Waals surface area (Å²) in [6, 6.07) is 1.98. The molecule has 1 fully saturated rings. The van der Waals surface area contributed by atoms with Gasteiger partial charge >= 0.3 is 0 Å². The molecule has 6 heteroatoms. The van der Waals surface area contributed by atoms with Gasteiger partial charge in [-0.1, -0.05) is 0 Å². The number of rotatable bonds is 3. The van der Waals surface area contributed by atoms with Gasteiger partial charge in [0.1, 0.15) is 23.4 Å². The molecule has 0 bridgehead atoms. The molecule has 0 amide bonds. The normalized spacial score (nSPS) is 15.2. The summed E-state index contributed by atoms with van der Waals surface area (Å²) < 4.78 is 0. The molecule has 96 valence electrons. The first-order valence-electron chi connectivity index (χ1n) is 6.51. The predicted molar refractivity (Wildman–Crippen MR) is 70.4 cm³/mol. The molecule has 1 aliphatic carbocycles. The molecule has 3 aromatic heterocycles. The van der Waals surface area contributed by atoms with Crippen LogP contribution in [0.3, 0.4) is 0 Å². The highest BCUT2D eigenvalue weighted by atomic mass is 15.5. The van der Waals surface area contributed by atoms with Crippen LogP contribution in [-0.2, 0) is 6.54 Å². The van der Waals surface area contributed by atoms with Crippen LogP contribution in [0.1, 0.15) is 18.5 Å². The fourth-order valence-corrected chi connectivity index (χ4v) is 2.32. The summed E-state index contributed by atoms with van der Waals surface area (Å²) in [6.07, 6.45) is 6.03. The van der Waals surface area contributed by atoms with Gasteiger partial charge in [0.25, 0.3) is 0 Å². The van der Waals surface area contributed by atoms with Gasteiger partial charge < -0.3 is 4.98 Å². The summed E-state index contributed by atoms with van der Waals surface area (Å²) in [5.41, 5.74) is 3.46. The Balaban J connectivity index is 1.82. The second kappa shape index (κ2) is 3.88. The highest BCUT2D eigenvalue weighted by Gasteiger charge is 2.24. The lowest BCUT2D eigenvalue weighted by Crippen LogP contribution is -2.04. The lowest BCUT2D eigenvalue weighted by molar-refractivity contribution is 0.496. The lowest BCUT2D eigenvalue weighted by atomic mass is 10.2. The van der Waals surface area contributed by atoms with E-state index >= 15 is 0 Å². The number of H-pyrrole nitrogens is 1. The van der Waals surface area contributed by atoms with Crippen LogP contribution in [0.25, 0.3) is 22.4 Å². The van der Waals surface area contributed by atoms with Crippen LogP contribution >= 0.6 is 0 Å². The number of hydrogen-bond acceptors (Lipinski definition) is 4. The number of nitrogens with one attached hydrogen (secondary N) is 1. The Morgan fingerprint density at radius 3 is 3.00 bits per heavy atom. The zero-order chi connectivity index (χ0) is 12.8. The molecular weight excluding hydrogens is 240 g/mol. The second-order valence-electron chi connectivity index (χ2n) is 5.09. The van der Waals surface area contributed by atoms with Crippen molar-refractivity contribution >= 4 is 11.0 Å². The van der Waals surface area contributed by atoms with Crippen molar-refractivity contribution in [1.82, 2.24) is 29.9 Å². The Kier molecular flexibility index (Phi) is 2.18. The van der Waals surface area contributed by atoms with Crippen molar-refractivity contribution < 1.29 is 0 Å². The maximum atomic E-state index is 4.59. The summed E-state index contributed by atoms with van der Waals surface area (Å²) in [7, 11) is 0. The molecule has 1 saturated carbocycles. The third-order valence-electron chi connectivity index (χ3n) is 3.52. The first-order valence-corrected chi connectivity index (χ1v) is 6.51. The number of aryl methyl sites for hydroxylation is 1. The standard InChI is InChI=1S/C13H14N6/c1-8-11(18-19(17-8)6-9-2-3-9)12-10-4-5-14-13(10)16-7-15-12/h4-5,7,9H,2-3,6H2,1H3,(H,14,15,16). The van der Waals surface area contributed by atoms with E-state index in [0.717, 1.165) is 40.6 Å². The molecule has 1 aliphatic rings. The Morgan fingerprint density at radius 2 is 2.16 bits per heavy atom. The van der Waals surface area contributed by atoms with Gasteiger partial charge in [-0.15, -0.1) is 0 Å². The van der Waals surface area contributed by atoms with E-state index in [1.807, 2.05) is 24.0 Å². The van der Waals surface area contributed by atoms with E-state index in [0.29, 0.717) is 0 Å². The van der Waals surface area contributed by atoms with Gasteiger partial charge in [0.15, 0.2) is 0 Å². The molecular formula is C13H14N6. The van der Waals surface area contributed by atoms with Gasteiger partial charge in [-0.3, -0.25) is 0 Å². The van der Waals surface area contributed by atoms with Crippen LogP contribution < -0.4 is 0 Å². The van der Waals surface area contributed by atoms with Crippen molar-refractivity contribution in [2.45, 2.75) is 26.3 Å². The van der Waals surface area contributed by atoms with E-state index in [1.54, 1.807) is 6.33 Å². The first kappa shape index (κ1) is 10.7. The average Bonchev–Trinajstić information content (AvgIpc) is 2.95. The molecule has 4 rings (SSSR count).